The Kier molecular flexibility index (Phi) is 4.63. The first-order valence-electron chi connectivity index (χ1n) is 7.30. The summed E-state index contributed by atoms with van der Waals surface area (Å²) in [6.07, 6.45) is 1.73. The van der Waals surface area contributed by atoms with E-state index in [0.717, 1.165) is 16.8 Å². The molecule has 1 heterocycles. The van der Waals surface area contributed by atoms with Gasteiger partial charge in [0.2, 0.25) is 0 Å². The molecule has 3 aromatic rings. The lowest BCUT2D eigenvalue weighted by atomic mass is 10.2. The number of benzene rings is 2. The second kappa shape index (κ2) is 6.84. The van der Waals surface area contributed by atoms with Gasteiger partial charge in [0.15, 0.2) is 0 Å². The summed E-state index contributed by atoms with van der Waals surface area (Å²) < 4.78 is 7.78. The van der Waals surface area contributed by atoms with Crippen LogP contribution in [0.3, 0.4) is 0 Å². The van der Waals surface area contributed by atoms with Crippen molar-refractivity contribution in [2.75, 3.05) is 0 Å². The summed E-state index contributed by atoms with van der Waals surface area (Å²) in [5.41, 5.74) is 2.90. The van der Waals surface area contributed by atoms with Gasteiger partial charge in [-0.3, -0.25) is 9.36 Å². The topological polar surface area (TPSA) is 31.2 Å². The zero-order chi connectivity index (χ0) is 16.2. The van der Waals surface area contributed by atoms with E-state index in [2.05, 4.69) is 15.9 Å². The first-order valence-corrected chi connectivity index (χ1v) is 8.09. The molecule has 0 aliphatic heterocycles. The smallest absolute Gasteiger partial charge is 0.273 e. The highest BCUT2D eigenvalue weighted by Gasteiger charge is 2.10. The number of rotatable bonds is 4. The highest BCUT2D eigenvalue weighted by atomic mass is 79.9. The molecule has 0 atom stereocenters. The summed E-state index contributed by atoms with van der Waals surface area (Å²) in [7, 11) is 0. The zero-order valence-electron chi connectivity index (χ0n) is 12.7. The molecule has 0 unspecified atom stereocenters. The molecule has 1 aromatic heterocycles. The monoisotopic (exact) mass is 369 g/mol. The highest BCUT2D eigenvalue weighted by Crippen LogP contribution is 2.22. The predicted octanol–water partition coefficient (Wildman–Crippen LogP) is 4.49. The van der Waals surface area contributed by atoms with Gasteiger partial charge in [-0.15, -0.1) is 0 Å². The third-order valence-electron chi connectivity index (χ3n) is 3.55. The lowest BCUT2D eigenvalue weighted by Gasteiger charge is -2.11. The van der Waals surface area contributed by atoms with E-state index in [4.69, 9.17) is 4.74 Å². The van der Waals surface area contributed by atoms with Crippen molar-refractivity contribution in [3.05, 3.63) is 92.8 Å². The second-order valence-electron chi connectivity index (χ2n) is 5.28. The van der Waals surface area contributed by atoms with Crippen LogP contribution in [0.2, 0.25) is 0 Å². The fourth-order valence-electron chi connectivity index (χ4n) is 2.25. The largest absolute Gasteiger partial charge is 0.487 e. The van der Waals surface area contributed by atoms with Crippen LogP contribution in [0.15, 0.2) is 76.1 Å². The van der Waals surface area contributed by atoms with Crippen LogP contribution in [-0.2, 0) is 6.61 Å². The number of aromatic nitrogens is 1. The van der Waals surface area contributed by atoms with Crippen LogP contribution >= 0.6 is 15.9 Å². The summed E-state index contributed by atoms with van der Waals surface area (Å²) in [6.45, 7) is 2.44. The van der Waals surface area contributed by atoms with Gasteiger partial charge in [0.1, 0.15) is 16.8 Å². The number of halogens is 1. The van der Waals surface area contributed by atoms with Crippen molar-refractivity contribution in [1.82, 2.24) is 4.57 Å². The maximum atomic E-state index is 12.5. The van der Waals surface area contributed by atoms with E-state index in [1.54, 1.807) is 16.8 Å². The first-order chi connectivity index (χ1) is 11.1. The lowest BCUT2D eigenvalue weighted by molar-refractivity contribution is 0.303. The molecule has 0 fully saturated rings. The zero-order valence-corrected chi connectivity index (χ0v) is 14.3. The van der Waals surface area contributed by atoms with E-state index in [9.17, 15) is 4.79 Å². The number of ether oxygens (including phenoxy) is 1. The van der Waals surface area contributed by atoms with Gasteiger partial charge in [0.25, 0.3) is 5.56 Å². The normalized spacial score (nSPS) is 10.5. The van der Waals surface area contributed by atoms with E-state index < -0.39 is 0 Å². The Morgan fingerprint density at radius 2 is 1.70 bits per heavy atom. The standard InChI is InChI=1S/C19H16BrNO2/c1-14-7-9-16(10-8-14)21-12-11-17(18(20)19(21)22)23-13-15-5-3-2-4-6-15/h2-12H,13H2,1H3. The quantitative estimate of drug-likeness (QED) is 0.678. The van der Waals surface area contributed by atoms with Gasteiger partial charge in [0, 0.05) is 11.9 Å². The molecule has 0 bridgehead atoms. The minimum Gasteiger partial charge on any atom is -0.487 e. The number of nitrogens with zero attached hydrogens (tertiary/aromatic N) is 1. The summed E-state index contributed by atoms with van der Waals surface area (Å²) in [4.78, 5) is 12.5. The number of hydrogen-bond acceptors (Lipinski definition) is 2. The molecule has 0 amide bonds. The molecule has 23 heavy (non-hydrogen) atoms. The minimum absolute atomic E-state index is 0.139. The van der Waals surface area contributed by atoms with Crippen molar-refractivity contribution in [3.63, 3.8) is 0 Å². The summed E-state index contributed by atoms with van der Waals surface area (Å²) in [5, 5.41) is 0. The van der Waals surface area contributed by atoms with E-state index in [1.807, 2.05) is 61.5 Å². The maximum Gasteiger partial charge on any atom is 0.273 e. The average Bonchev–Trinajstić information content (AvgIpc) is 2.58. The Hall–Kier alpha value is -2.33. The van der Waals surface area contributed by atoms with Gasteiger partial charge < -0.3 is 4.74 Å². The van der Waals surface area contributed by atoms with E-state index in [1.165, 1.54) is 0 Å². The summed E-state index contributed by atoms with van der Waals surface area (Å²) >= 11 is 3.36. The molecule has 4 heteroatoms. The van der Waals surface area contributed by atoms with E-state index >= 15 is 0 Å². The Labute approximate surface area is 143 Å². The number of pyridine rings is 1. The number of aryl methyl sites for hydroxylation is 1. The van der Waals surface area contributed by atoms with Gasteiger partial charge in [-0.05, 0) is 46.6 Å². The number of hydrogen-bond donors (Lipinski definition) is 0. The predicted molar refractivity (Wildman–Crippen MR) is 95.3 cm³/mol. The van der Waals surface area contributed by atoms with Crippen LogP contribution in [0, 0.1) is 6.92 Å². The van der Waals surface area contributed by atoms with Crippen LogP contribution in [-0.4, -0.2) is 4.57 Å². The van der Waals surface area contributed by atoms with E-state index in [-0.39, 0.29) is 5.56 Å². The molecule has 0 radical (unpaired) electrons. The molecular weight excluding hydrogens is 354 g/mol. The Balaban J connectivity index is 1.86. The Morgan fingerprint density at radius 1 is 1.00 bits per heavy atom. The van der Waals surface area contributed by atoms with Crippen LogP contribution in [0.25, 0.3) is 5.69 Å². The van der Waals surface area contributed by atoms with Crippen molar-refractivity contribution in [1.29, 1.82) is 0 Å². The molecule has 3 nitrogen and oxygen atoms in total. The van der Waals surface area contributed by atoms with Crippen LogP contribution in [0.4, 0.5) is 0 Å². The molecule has 0 aliphatic rings. The van der Waals surface area contributed by atoms with Crippen molar-refractivity contribution < 1.29 is 4.74 Å². The molecule has 0 spiro atoms. The van der Waals surface area contributed by atoms with Crippen LogP contribution < -0.4 is 10.3 Å². The SMILES string of the molecule is Cc1ccc(-n2ccc(OCc3ccccc3)c(Br)c2=O)cc1. The lowest BCUT2D eigenvalue weighted by Crippen LogP contribution is -2.19. The minimum atomic E-state index is -0.139. The molecular formula is C19H16BrNO2. The van der Waals surface area contributed by atoms with Gasteiger partial charge in [-0.1, -0.05) is 48.0 Å². The first kappa shape index (κ1) is 15.6. The van der Waals surface area contributed by atoms with Gasteiger partial charge >= 0.3 is 0 Å². The third kappa shape index (κ3) is 3.54. The van der Waals surface area contributed by atoms with Gasteiger partial charge in [-0.2, -0.15) is 0 Å². The van der Waals surface area contributed by atoms with Crippen LogP contribution in [0.5, 0.6) is 5.75 Å². The average molecular weight is 370 g/mol. The Bertz CT molecular complexity index is 855. The molecule has 0 N–H and O–H groups in total. The molecule has 3 rings (SSSR count). The van der Waals surface area contributed by atoms with Crippen molar-refractivity contribution in [3.8, 4) is 11.4 Å². The van der Waals surface area contributed by atoms with Crippen LogP contribution in [0.1, 0.15) is 11.1 Å². The van der Waals surface area contributed by atoms with Gasteiger partial charge in [0.05, 0.1) is 0 Å². The molecule has 0 saturated heterocycles. The molecule has 0 saturated carbocycles. The summed E-state index contributed by atoms with van der Waals surface area (Å²) in [6, 6.07) is 19.5. The van der Waals surface area contributed by atoms with Crippen molar-refractivity contribution >= 4 is 15.9 Å². The third-order valence-corrected chi connectivity index (χ3v) is 4.28. The van der Waals surface area contributed by atoms with Gasteiger partial charge in [-0.25, -0.2) is 0 Å². The van der Waals surface area contributed by atoms with Crippen molar-refractivity contribution in [2.24, 2.45) is 0 Å². The fourth-order valence-corrected chi connectivity index (χ4v) is 2.69. The molecule has 116 valence electrons. The maximum absolute atomic E-state index is 12.5. The van der Waals surface area contributed by atoms with E-state index in [0.29, 0.717) is 16.8 Å². The summed E-state index contributed by atoms with van der Waals surface area (Å²) in [5.74, 6) is 0.544. The highest BCUT2D eigenvalue weighted by molar-refractivity contribution is 9.10. The fraction of sp³-hybridized carbons (Fsp3) is 0.105. The second-order valence-corrected chi connectivity index (χ2v) is 6.07. The molecule has 0 aliphatic carbocycles. The Morgan fingerprint density at radius 3 is 2.39 bits per heavy atom. The van der Waals surface area contributed by atoms with Crippen molar-refractivity contribution in [2.45, 2.75) is 13.5 Å². The molecule has 2 aromatic carbocycles.